The molecule has 6 heteroatoms. The maximum Gasteiger partial charge on any atom is 0.179 e. The summed E-state index contributed by atoms with van der Waals surface area (Å²) in [5.41, 5.74) is 1.08. The number of imidazole rings is 1. The number of hydrogen-bond acceptors (Lipinski definition) is 4. The average Bonchev–Trinajstić information content (AvgIpc) is 2.97. The van der Waals surface area contributed by atoms with Gasteiger partial charge in [-0.3, -0.25) is 0 Å². The number of hydrogen-bond donors (Lipinski definition) is 2. The summed E-state index contributed by atoms with van der Waals surface area (Å²) in [6.45, 7) is 2.70. The van der Waals surface area contributed by atoms with Crippen LogP contribution < -0.4 is 14.8 Å². The molecule has 3 rings (SSSR count). The number of benzene rings is 1. The first-order valence-electron chi connectivity index (χ1n) is 6.60. The lowest BCUT2D eigenvalue weighted by molar-refractivity contribution is 0.171. The molecule has 0 saturated carbocycles. The van der Waals surface area contributed by atoms with E-state index in [4.69, 9.17) is 21.1 Å². The first-order valence-corrected chi connectivity index (χ1v) is 6.98. The molecule has 0 radical (unpaired) electrons. The number of nitrogens with zero attached hydrogens (tertiary/aromatic N) is 1. The van der Waals surface area contributed by atoms with Crippen LogP contribution in [0.2, 0.25) is 5.02 Å². The molecule has 0 unspecified atom stereocenters. The molecule has 5 nitrogen and oxygen atoms in total. The van der Waals surface area contributed by atoms with Crippen molar-refractivity contribution in [3.63, 3.8) is 0 Å². The summed E-state index contributed by atoms with van der Waals surface area (Å²) >= 11 is 6.19. The number of fused-ring (bicyclic) bond motifs is 1. The number of rotatable bonds is 5. The van der Waals surface area contributed by atoms with Crippen molar-refractivity contribution in [2.24, 2.45) is 0 Å². The van der Waals surface area contributed by atoms with E-state index in [0.717, 1.165) is 36.6 Å². The Morgan fingerprint density at radius 3 is 3.05 bits per heavy atom. The lowest BCUT2D eigenvalue weighted by Crippen LogP contribution is -2.19. The molecule has 0 atom stereocenters. The van der Waals surface area contributed by atoms with Gasteiger partial charge in [0.05, 0.1) is 5.02 Å². The normalized spacial score (nSPS) is 13.4. The molecule has 1 aliphatic rings. The summed E-state index contributed by atoms with van der Waals surface area (Å²) in [5.74, 6) is 2.36. The molecule has 1 aliphatic heterocycles. The Morgan fingerprint density at radius 2 is 2.20 bits per heavy atom. The van der Waals surface area contributed by atoms with Gasteiger partial charge in [0.2, 0.25) is 0 Å². The molecule has 0 spiro atoms. The Balaban J connectivity index is 1.56. The van der Waals surface area contributed by atoms with E-state index in [1.54, 1.807) is 6.20 Å². The highest BCUT2D eigenvalue weighted by Gasteiger charge is 2.16. The Morgan fingerprint density at radius 1 is 1.30 bits per heavy atom. The number of halogens is 1. The Kier molecular flexibility index (Phi) is 4.08. The van der Waals surface area contributed by atoms with Crippen LogP contribution >= 0.6 is 11.6 Å². The first kappa shape index (κ1) is 13.3. The Bertz CT molecular complexity index is 572. The van der Waals surface area contributed by atoms with Crippen LogP contribution in [-0.2, 0) is 13.0 Å². The summed E-state index contributed by atoms with van der Waals surface area (Å²) in [6, 6.07) is 3.88. The van der Waals surface area contributed by atoms with Gasteiger partial charge >= 0.3 is 0 Å². The second kappa shape index (κ2) is 6.15. The summed E-state index contributed by atoms with van der Waals surface area (Å²) in [5, 5.41) is 3.96. The molecule has 0 bridgehead atoms. The molecule has 0 amide bonds. The molecule has 2 aromatic rings. The van der Waals surface area contributed by atoms with Crippen LogP contribution in [0.4, 0.5) is 0 Å². The zero-order chi connectivity index (χ0) is 13.8. The van der Waals surface area contributed by atoms with E-state index < -0.39 is 0 Å². The topological polar surface area (TPSA) is 59.2 Å². The minimum Gasteiger partial charge on any atom is -0.486 e. The zero-order valence-corrected chi connectivity index (χ0v) is 11.7. The predicted molar refractivity (Wildman–Crippen MR) is 76.4 cm³/mol. The van der Waals surface area contributed by atoms with Crippen LogP contribution in [0.25, 0.3) is 0 Å². The van der Waals surface area contributed by atoms with Crippen LogP contribution in [0.1, 0.15) is 11.4 Å². The molecule has 0 fully saturated rings. The number of H-pyrrole nitrogens is 1. The van der Waals surface area contributed by atoms with E-state index in [0.29, 0.717) is 24.0 Å². The van der Waals surface area contributed by atoms with Gasteiger partial charge in [-0.15, -0.1) is 0 Å². The summed E-state index contributed by atoms with van der Waals surface area (Å²) in [6.07, 6.45) is 4.46. The van der Waals surface area contributed by atoms with E-state index in [1.807, 2.05) is 18.3 Å². The third kappa shape index (κ3) is 3.05. The number of ether oxygens (including phenoxy) is 2. The zero-order valence-electron chi connectivity index (χ0n) is 11.0. The van der Waals surface area contributed by atoms with Crippen molar-refractivity contribution in [1.82, 2.24) is 15.3 Å². The van der Waals surface area contributed by atoms with Crippen LogP contribution in [0.15, 0.2) is 24.5 Å². The van der Waals surface area contributed by atoms with Crippen LogP contribution in [0.5, 0.6) is 11.5 Å². The van der Waals surface area contributed by atoms with Gasteiger partial charge < -0.3 is 19.8 Å². The highest BCUT2D eigenvalue weighted by Crippen LogP contribution is 2.38. The van der Waals surface area contributed by atoms with Crippen molar-refractivity contribution in [2.75, 3.05) is 19.8 Å². The molecule has 1 aromatic heterocycles. The van der Waals surface area contributed by atoms with Crippen LogP contribution in [0, 0.1) is 0 Å². The van der Waals surface area contributed by atoms with Gasteiger partial charge in [-0.1, -0.05) is 11.6 Å². The van der Waals surface area contributed by atoms with Crippen molar-refractivity contribution in [2.45, 2.75) is 13.0 Å². The standard InChI is InChI=1S/C14H16ClN3O2/c15-11-7-10(8-12-14(11)20-6-5-19-12)9-16-2-1-13-17-3-4-18-13/h3-4,7-8,16H,1-2,5-6,9H2,(H,17,18). The Hall–Kier alpha value is -1.72. The van der Waals surface area contributed by atoms with Crippen LogP contribution in [0.3, 0.4) is 0 Å². The average molecular weight is 294 g/mol. The van der Waals surface area contributed by atoms with E-state index in [9.17, 15) is 0 Å². The third-order valence-electron chi connectivity index (χ3n) is 3.08. The van der Waals surface area contributed by atoms with Gasteiger partial charge in [0.25, 0.3) is 0 Å². The second-order valence-electron chi connectivity index (χ2n) is 4.56. The van der Waals surface area contributed by atoms with E-state index in [1.165, 1.54) is 0 Å². The lowest BCUT2D eigenvalue weighted by Gasteiger charge is -2.20. The fourth-order valence-electron chi connectivity index (χ4n) is 2.14. The Labute approximate surface area is 122 Å². The van der Waals surface area contributed by atoms with E-state index in [-0.39, 0.29) is 0 Å². The molecular weight excluding hydrogens is 278 g/mol. The monoisotopic (exact) mass is 293 g/mol. The molecule has 1 aromatic carbocycles. The largest absolute Gasteiger partial charge is 0.486 e. The van der Waals surface area contributed by atoms with Gasteiger partial charge in [-0.05, 0) is 17.7 Å². The SMILES string of the molecule is Clc1cc(CNCCc2ncc[nH]2)cc2c1OCCO2. The minimum absolute atomic E-state index is 0.549. The summed E-state index contributed by atoms with van der Waals surface area (Å²) in [7, 11) is 0. The van der Waals surface area contributed by atoms with Crippen molar-refractivity contribution in [3.8, 4) is 11.5 Å². The molecular formula is C14H16ClN3O2. The van der Waals surface area contributed by atoms with E-state index in [2.05, 4.69) is 15.3 Å². The predicted octanol–water partition coefficient (Wildman–Crippen LogP) is 2.17. The molecule has 2 N–H and O–H groups in total. The molecule has 20 heavy (non-hydrogen) atoms. The molecule has 2 heterocycles. The molecule has 0 saturated heterocycles. The first-order chi connectivity index (χ1) is 9.83. The summed E-state index contributed by atoms with van der Waals surface area (Å²) in [4.78, 5) is 7.26. The lowest BCUT2D eigenvalue weighted by atomic mass is 10.2. The molecule has 106 valence electrons. The van der Waals surface area contributed by atoms with Gasteiger partial charge in [-0.25, -0.2) is 4.98 Å². The van der Waals surface area contributed by atoms with Gasteiger partial charge in [0.1, 0.15) is 19.0 Å². The summed E-state index contributed by atoms with van der Waals surface area (Å²) < 4.78 is 11.1. The van der Waals surface area contributed by atoms with E-state index >= 15 is 0 Å². The highest BCUT2D eigenvalue weighted by molar-refractivity contribution is 6.32. The fourth-order valence-corrected chi connectivity index (χ4v) is 2.43. The van der Waals surface area contributed by atoms with Crippen molar-refractivity contribution in [1.29, 1.82) is 0 Å². The van der Waals surface area contributed by atoms with Gasteiger partial charge in [0, 0.05) is 31.9 Å². The minimum atomic E-state index is 0.549. The molecule has 0 aliphatic carbocycles. The maximum atomic E-state index is 6.19. The number of aromatic amines is 1. The fraction of sp³-hybridized carbons (Fsp3) is 0.357. The van der Waals surface area contributed by atoms with Crippen LogP contribution in [-0.4, -0.2) is 29.7 Å². The second-order valence-corrected chi connectivity index (χ2v) is 4.97. The highest BCUT2D eigenvalue weighted by atomic mass is 35.5. The van der Waals surface area contributed by atoms with Gasteiger partial charge in [0.15, 0.2) is 11.5 Å². The van der Waals surface area contributed by atoms with Crippen molar-refractivity contribution >= 4 is 11.6 Å². The quantitative estimate of drug-likeness (QED) is 0.830. The maximum absolute atomic E-state index is 6.19. The number of nitrogens with one attached hydrogen (secondary N) is 2. The van der Waals surface area contributed by atoms with Gasteiger partial charge in [-0.2, -0.15) is 0 Å². The smallest absolute Gasteiger partial charge is 0.179 e. The number of aromatic nitrogens is 2. The third-order valence-corrected chi connectivity index (χ3v) is 3.36. The van der Waals surface area contributed by atoms with Crippen molar-refractivity contribution in [3.05, 3.63) is 40.9 Å². The van der Waals surface area contributed by atoms with Crippen molar-refractivity contribution < 1.29 is 9.47 Å².